The van der Waals surface area contributed by atoms with E-state index in [1.54, 1.807) is 12.1 Å². The van der Waals surface area contributed by atoms with Crippen LogP contribution in [0.5, 0.6) is 0 Å². The van der Waals surface area contributed by atoms with E-state index in [0.29, 0.717) is 11.4 Å². The number of hydrogen-bond acceptors (Lipinski definition) is 5. The summed E-state index contributed by atoms with van der Waals surface area (Å²) in [6, 6.07) is 7.52. The van der Waals surface area contributed by atoms with E-state index >= 15 is 0 Å². The van der Waals surface area contributed by atoms with Crippen LogP contribution in [0.2, 0.25) is 0 Å². The van der Waals surface area contributed by atoms with E-state index in [2.05, 4.69) is 0 Å². The second kappa shape index (κ2) is 4.03. The van der Waals surface area contributed by atoms with Gasteiger partial charge in [0.1, 0.15) is 12.1 Å². The van der Waals surface area contributed by atoms with Gasteiger partial charge in [0.15, 0.2) is 11.3 Å². The Kier molecular flexibility index (Phi) is 2.80. The molecular weight excluding hydrogens is 192 g/mol. The third-order valence-corrected chi connectivity index (χ3v) is 1.71. The molecular formula is C10H8N4O. The first-order chi connectivity index (χ1) is 7.08. The summed E-state index contributed by atoms with van der Waals surface area (Å²) in [6.45, 7) is 0. The van der Waals surface area contributed by atoms with Crippen LogP contribution in [0.15, 0.2) is 23.8 Å². The lowest BCUT2D eigenvalue weighted by atomic mass is 10.1. The fourth-order valence-corrected chi connectivity index (χ4v) is 1.09. The molecule has 0 aliphatic heterocycles. The van der Waals surface area contributed by atoms with Crippen LogP contribution in [-0.4, -0.2) is 5.11 Å². The summed E-state index contributed by atoms with van der Waals surface area (Å²) in [7, 11) is 0. The van der Waals surface area contributed by atoms with E-state index in [0.717, 1.165) is 0 Å². The van der Waals surface area contributed by atoms with Gasteiger partial charge in [0.25, 0.3) is 0 Å². The van der Waals surface area contributed by atoms with Crippen molar-refractivity contribution in [1.82, 2.24) is 0 Å². The van der Waals surface area contributed by atoms with E-state index in [-0.39, 0.29) is 11.1 Å². The van der Waals surface area contributed by atoms with Crippen molar-refractivity contribution in [3.05, 3.63) is 29.3 Å². The highest BCUT2D eigenvalue weighted by atomic mass is 16.3. The van der Waals surface area contributed by atoms with E-state index in [1.165, 1.54) is 18.2 Å². The summed E-state index contributed by atoms with van der Waals surface area (Å²) < 4.78 is 0. The summed E-state index contributed by atoms with van der Waals surface area (Å²) >= 11 is 0. The largest absolute Gasteiger partial charge is 0.505 e. The first kappa shape index (κ1) is 10.4. The van der Waals surface area contributed by atoms with Crippen molar-refractivity contribution in [2.45, 2.75) is 0 Å². The zero-order valence-electron chi connectivity index (χ0n) is 7.73. The number of hydrogen-bond donors (Lipinski definition) is 3. The molecule has 0 fully saturated rings. The molecule has 5 heteroatoms. The number of rotatable bonds is 1. The van der Waals surface area contributed by atoms with Gasteiger partial charge >= 0.3 is 0 Å². The van der Waals surface area contributed by atoms with Crippen LogP contribution >= 0.6 is 0 Å². The van der Waals surface area contributed by atoms with Crippen LogP contribution in [0.25, 0.3) is 5.76 Å². The molecule has 0 saturated carbocycles. The van der Waals surface area contributed by atoms with E-state index in [4.69, 9.17) is 22.0 Å². The molecule has 0 heterocycles. The molecule has 0 unspecified atom stereocenters. The van der Waals surface area contributed by atoms with Gasteiger partial charge < -0.3 is 16.6 Å². The number of benzene rings is 1. The smallest absolute Gasteiger partial charge is 0.171 e. The summed E-state index contributed by atoms with van der Waals surface area (Å²) in [5.74, 6) is -0.418. The number of nitriles is 2. The Balaban J connectivity index is 3.36. The highest BCUT2D eigenvalue weighted by Crippen LogP contribution is 2.21. The van der Waals surface area contributed by atoms with Crippen molar-refractivity contribution >= 4 is 17.1 Å². The summed E-state index contributed by atoms with van der Waals surface area (Å²) in [6.07, 6.45) is 0. The zero-order chi connectivity index (χ0) is 11.4. The van der Waals surface area contributed by atoms with Gasteiger partial charge in [-0.1, -0.05) is 0 Å². The van der Waals surface area contributed by atoms with Crippen molar-refractivity contribution < 1.29 is 5.11 Å². The molecule has 0 atom stereocenters. The molecule has 5 N–H and O–H groups in total. The Bertz CT molecular complexity index is 469. The SMILES string of the molecule is N#CC(C#N)=C(O)c1cc(N)cc(N)c1. The lowest BCUT2D eigenvalue weighted by Crippen LogP contribution is -1.95. The van der Waals surface area contributed by atoms with Gasteiger partial charge in [0.05, 0.1) is 0 Å². The predicted molar refractivity (Wildman–Crippen MR) is 56.0 cm³/mol. The molecule has 0 radical (unpaired) electrons. The van der Waals surface area contributed by atoms with Crippen LogP contribution in [0.1, 0.15) is 5.56 Å². The van der Waals surface area contributed by atoms with Crippen molar-refractivity contribution in [1.29, 1.82) is 10.5 Å². The fourth-order valence-electron chi connectivity index (χ4n) is 1.09. The van der Waals surface area contributed by atoms with E-state index < -0.39 is 5.76 Å². The number of nitrogens with zero attached hydrogens (tertiary/aromatic N) is 2. The standard InChI is InChI=1S/C10H8N4O/c11-4-7(5-12)10(15)6-1-8(13)3-9(14)2-6/h1-3,15H,13-14H2. The van der Waals surface area contributed by atoms with Crippen LogP contribution in [0, 0.1) is 22.7 Å². The summed E-state index contributed by atoms with van der Waals surface area (Å²) in [4.78, 5) is 0. The normalized spacial score (nSPS) is 8.67. The number of aliphatic hydroxyl groups is 1. The molecule has 0 amide bonds. The second-order valence-electron chi connectivity index (χ2n) is 2.84. The molecule has 1 rings (SSSR count). The molecule has 0 saturated heterocycles. The minimum absolute atomic E-state index is 0.255. The fraction of sp³-hybridized carbons (Fsp3) is 0. The Labute approximate surface area is 86.5 Å². The van der Waals surface area contributed by atoms with Crippen LogP contribution in [-0.2, 0) is 0 Å². The third-order valence-electron chi connectivity index (χ3n) is 1.71. The lowest BCUT2D eigenvalue weighted by Gasteiger charge is -2.03. The topological polar surface area (TPSA) is 120 Å². The van der Waals surface area contributed by atoms with E-state index in [9.17, 15) is 5.11 Å². The van der Waals surface area contributed by atoms with Gasteiger partial charge in [-0.15, -0.1) is 0 Å². The molecule has 74 valence electrons. The maximum Gasteiger partial charge on any atom is 0.171 e. The first-order valence-corrected chi connectivity index (χ1v) is 3.98. The third kappa shape index (κ3) is 2.17. The molecule has 0 spiro atoms. The van der Waals surface area contributed by atoms with Crippen LogP contribution in [0.3, 0.4) is 0 Å². The van der Waals surface area contributed by atoms with Crippen molar-refractivity contribution in [2.75, 3.05) is 11.5 Å². The maximum atomic E-state index is 9.55. The van der Waals surface area contributed by atoms with Crippen LogP contribution in [0.4, 0.5) is 11.4 Å². The second-order valence-corrected chi connectivity index (χ2v) is 2.84. The minimum Gasteiger partial charge on any atom is -0.505 e. The van der Waals surface area contributed by atoms with Crippen molar-refractivity contribution in [3.63, 3.8) is 0 Å². The van der Waals surface area contributed by atoms with Gasteiger partial charge in [-0.3, -0.25) is 0 Å². The quantitative estimate of drug-likeness (QED) is 0.357. The van der Waals surface area contributed by atoms with Gasteiger partial charge in [-0.25, -0.2) is 0 Å². The average Bonchev–Trinajstić information content (AvgIpc) is 2.18. The maximum absolute atomic E-state index is 9.55. The summed E-state index contributed by atoms with van der Waals surface area (Å²) in [5.41, 5.74) is 11.6. The number of anilines is 2. The van der Waals surface area contributed by atoms with Crippen molar-refractivity contribution in [2.24, 2.45) is 0 Å². The Hall–Kier alpha value is -2.66. The first-order valence-electron chi connectivity index (χ1n) is 3.98. The number of nitrogens with two attached hydrogens (primary N) is 2. The molecule has 1 aromatic carbocycles. The molecule has 5 nitrogen and oxygen atoms in total. The molecule has 0 aliphatic carbocycles. The Morgan fingerprint density at radius 2 is 1.53 bits per heavy atom. The molecule has 1 aromatic rings. The van der Waals surface area contributed by atoms with Gasteiger partial charge in [-0.05, 0) is 18.2 Å². The number of aliphatic hydroxyl groups excluding tert-OH is 1. The highest BCUT2D eigenvalue weighted by Gasteiger charge is 2.08. The molecule has 0 aliphatic rings. The zero-order valence-corrected chi connectivity index (χ0v) is 7.73. The lowest BCUT2D eigenvalue weighted by molar-refractivity contribution is 0.510. The van der Waals surface area contributed by atoms with E-state index in [1.807, 2.05) is 0 Å². The average molecular weight is 200 g/mol. The molecule has 0 aromatic heterocycles. The molecule has 15 heavy (non-hydrogen) atoms. The summed E-state index contributed by atoms with van der Waals surface area (Å²) in [5, 5.41) is 26.6. The Morgan fingerprint density at radius 3 is 1.93 bits per heavy atom. The monoisotopic (exact) mass is 200 g/mol. The van der Waals surface area contributed by atoms with Gasteiger partial charge in [0.2, 0.25) is 0 Å². The minimum atomic E-state index is -0.418. The Morgan fingerprint density at radius 1 is 1.07 bits per heavy atom. The van der Waals surface area contributed by atoms with Crippen molar-refractivity contribution in [3.8, 4) is 12.1 Å². The number of allylic oxidation sites excluding steroid dienone is 1. The molecule has 0 bridgehead atoms. The highest BCUT2D eigenvalue weighted by molar-refractivity contribution is 5.73. The van der Waals surface area contributed by atoms with Gasteiger partial charge in [-0.2, -0.15) is 10.5 Å². The number of nitrogen functional groups attached to an aromatic ring is 2. The predicted octanol–water partition coefficient (Wildman–Crippen LogP) is 1.17. The van der Waals surface area contributed by atoms with Crippen LogP contribution < -0.4 is 11.5 Å². The van der Waals surface area contributed by atoms with Gasteiger partial charge in [0, 0.05) is 16.9 Å².